The number of alkyl halides is 3. The van der Waals surface area contributed by atoms with E-state index in [1.807, 2.05) is 0 Å². The van der Waals surface area contributed by atoms with Crippen molar-refractivity contribution in [2.24, 2.45) is 7.05 Å². The van der Waals surface area contributed by atoms with Crippen LogP contribution in [0.1, 0.15) is 12.5 Å². The normalized spacial score (nSPS) is 12.6. The van der Waals surface area contributed by atoms with Crippen molar-refractivity contribution >= 4 is 49.9 Å². The molecule has 0 amide bonds. The van der Waals surface area contributed by atoms with Crippen LogP contribution in [-0.2, 0) is 23.1 Å². The second-order valence-corrected chi connectivity index (χ2v) is 10.9. The van der Waals surface area contributed by atoms with Gasteiger partial charge in [-0.05, 0) is 30.3 Å². The van der Waals surface area contributed by atoms with E-state index in [1.165, 1.54) is 29.3 Å². The van der Waals surface area contributed by atoms with E-state index in [0.29, 0.717) is 27.5 Å². The van der Waals surface area contributed by atoms with Gasteiger partial charge in [0.2, 0.25) is 0 Å². The van der Waals surface area contributed by atoms with Crippen LogP contribution in [0, 0.1) is 0 Å². The van der Waals surface area contributed by atoms with E-state index in [0.717, 1.165) is 6.07 Å². The zero-order valence-electron chi connectivity index (χ0n) is 18.5. The van der Waals surface area contributed by atoms with Crippen molar-refractivity contribution in [1.29, 1.82) is 0 Å². The van der Waals surface area contributed by atoms with Crippen LogP contribution >= 0.6 is 23.2 Å². The molecular weight excluding hydrogens is 540 g/mol. The van der Waals surface area contributed by atoms with Crippen LogP contribution in [0.3, 0.4) is 0 Å². The quantitative estimate of drug-likeness (QED) is 0.292. The lowest BCUT2D eigenvalue weighted by Crippen LogP contribution is -2.07. The van der Waals surface area contributed by atoms with Crippen molar-refractivity contribution in [2.45, 2.75) is 18.1 Å². The molecule has 4 aromatic heterocycles. The summed E-state index contributed by atoms with van der Waals surface area (Å²) in [5.41, 5.74) is 0.271. The van der Waals surface area contributed by atoms with Crippen molar-refractivity contribution in [1.82, 2.24) is 29.1 Å². The zero-order chi connectivity index (χ0) is 26.0. The molecule has 0 radical (unpaired) electrons. The van der Waals surface area contributed by atoms with E-state index in [1.54, 1.807) is 24.3 Å². The molecular formula is C22H15Cl2F3N6O2S. The zero-order valence-corrected chi connectivity index (χ0v) is 20.9. The van der Waals surface area contributed by atoms with Crippen LogP contribution in [0.2, 0.25) is 10.0 Å². The fraction of sp³-hybridized carbons (Fsp3) is 0.182. The van der Waals surface area contributed by atoms with Gasteiger partial charge in [0.15, 0.2) is 26.2 Å². The van der Waals surface area contributed by atoms with Crippen LogP contribution in [0.4, 0.5) is 13.2 Å². The van der Waals surface area contributed by atoms with Crippen LogP contribution < -0.4 is 0 Å². The SMILES string of the molecule is CCS(=O)(=O)c1nn2ccc(-c3cc(Cl)cc(Cl)c3)nc2c1-c1nc2cc(C(F)(F)F)cnc2n1C. The van der Waals surface area contributed by atoms with Crippen LogP contribution in [-0.4, -0.2) is 43.3 Å². The van der Waals surface area contributed by atoms with Gasteiger partial charge in [-0.15, -0.1) is 0 Å². The molecule has 0 aliphatic heterocycles. The average Bonchev–Trinajstić information content (AvgIpc) is 3.35. The Balaban J connectivity index is 1.83. The summed E-state index contributed by atoms with van der Waals surface area (Å²) in [6.07, 6.45) is -2.39. The fourth-order valence-electron chi connectivity index (χ4n) is 3.78. The molecule has 0 N–H and O–H groups in total. The lowest BCUT2D eigenvalue weighted by molar-refractivity contribution is -0.137. The number of pyridine rings is 1. The molecule has 0 bridgehead atoms. The van der Waals surface area contributed by atoms with Gasteiger partial charge in [-0.2, -0.15) is 18.3 Å². The Hall–Kier alpha value is -3.22. The smallest absolute Gasteiger partial charge is 0.312 e. The number of halogens is 5. The van der Waals surface area contributed by atoms with Gasteiger partial charge in [0.05, 0.1) is 17.0 Å². The van der Waals surface area contributed by atoms with Gasteiger partial charge in [-0.25, -0.2) is 27.9 Å². The highest BCUT2D eigenvalue weighted by Gasteiger charge is 2.33. The summed E-state index contributed by atoms with van der Waals surface area (Å²) in [7, 11) is -2.36. The van der Waals surface area contributed by atoms with Gasteiger partial charge >= 0.3 is 6.18 Å². The summed E-state index contributed by atoms with van der Waals surface area (Å²) in [6.45, 7) is 1.46. The highest BCUT2D eigenvalue weighted by Crippen LogP contribution is 2.35. The standard InChI is InChI=1S/C22H15Cl2F3N6O2S/c1-3-36(34,35)21-17(19-30-16-8-12(22(25,26)27)10-28-18(16)32(19)2)20-29-15(4-5-33(20)31-21)11-6-13(23)9-14(24)7-11/h4-10H,3H2,1-2H3. The Morgan fingerprint density at radius 2 is 1.72 bits per heavy atom. The number of rotatable bonds is 4. The maximum atomic E-state index is 13.2. The molecule has 1 aromatic carbocycles. The second-order valence-electron chi connectivity index (χ2n) is 7.88. The Labute approximate surface area is 212 Å². The summed E-state index contributed by atoms with van der Waals surface area (Å²) in [6, 6.07) is 7.31. The van der Waals surface area contributed by atoms with Crippen molar-refractivity contribution in [3.05, 3.63) is 58.3 Å². The molecule has 0 atom stereocenters. The van der Waals surface area contributed by atoms with E-state index in [9.17, 15) is 21.6 Å². The Morgan fingerprint density at radius 3 is 2.36 bits per heavy atom. The minimum Gasteiger partial charge on any atom is -0.312 e. The molecule has 5 aromatic rings. The van der Waals surface area contributed by atoms with Gasteiger partial charge in [0, 0.05) is 35.1 Å². The highest BCUT2D eigenvalue weighted by atomic mass is 35.5. The summed E-state index contributed by atoms with van der Waals surface area (Å²) in [5.74, 6) is -0.214. The third kappa shape index (κ3) is 4.08. The van der Waals surface area contributed by atoms with Gasteiger partial charge in [0.25, 0.3) is 0 Å². The maximum Gasteiger partial charge on any atom is 0.417 e. The van der Waals surface area contributed by atoms with Gasteiger partial charge in [0.1, 0.15) is 16.9 Å². The lowest BCUT2D eigenvalue weighted by atomic mass is 10.1. The number of hydrogen-bond acceptors (Lipinski definition) is 6. The molecule has 0 unspecified atom stereocenters. The Kier molecular flexibility index (Phi) is 5.73. The summed E-state index contributed by atoms with van der Waals surface area (Å²) >= 11 is 12.3. The largest absolute Gasteiger partial charge is 0.417 e. The molecule has 36 heavy (non-hydrogen) atoms. The number of imidazole rings is 1. The number of benzene rings is 1. The maximum absolute atomic E-state index is 13.2. The molecule has 186 valence electrons. The summed E-state index contributed by atoms with van der Waals surface area (Å²) in [5, 5.41) is 4.69. The molecule has 5 rings (SSSR count). The van der Waals surface area contributed by atoms with Crippen molar-refractivity contribution in [3.8, 4) is 22.6 Å². The molecule has 0 spiro atoms. The first kappa shape index (κ1) is 24.5. The van der Waals surface area contributed by atoms with Crippen LogP contribution in [0.5, 0.6) is 0 Å². The third-order valence-corrected chi connectivity index (χ3v) is 7.62. The Bertz CT molecular complexity index is 1760. The van der Waals surface area contributed by atoms with E-state index in [-0.39, 0.29) is 39.0 Å². The molecule has 0 saturated heterocycles. The first-order valence-corrected chi connectivity index (χ1v) is 12.8. The predicted molar refractivity (Wildman–Crippen MR) is 129 cm³/mol. The second kappa shape index (κ2) is 8.43. The summed E-state index contributed by atoms with van der Waals surface area (Å²) in [4.78, 5) is 12.8. The minimum absolute atomic E-state index is 0.0425. The number of fused-ring (bicyclic) bond motifs is 2. The van der Waals surface area contributed by atoms with Crippen LogP contribution in [0.15, 0.2) is 47.8 Å². The lowest BCUT2D eigenvalue weighted by Gasteiger charge is -2.06. The Morgan fingerprint density at radius 1 is 1.03 bits per heavy atom. The number of aromatic nitrogens is 6. The molecule has 0 saturated carbocycles. The highest BCUT2D eigenvalue weighted by molar-refractivity contribution is 7.91. The number of hydrogen-bond donors (Lipinski definition) is 0. The van der Waals surface area contributed by atoms with Crippen LogP contribution in [0.25, 0.3) is 39.5 Å². The fourth-order valence-corrected chi connectivity index (χ4v) is 5.28. The van der Waals surface area contributed by atoms with Gasteiger partial charge in [-0.1, -0.05) is 30.1 Å². The van der Waals surface area contributed by atoms with Crippen molar-refractivity contribution in [3.63, 3.8) is 0 Å². The molecule has 0 aliphatic rings. The van der Waals surface area contributed by atoms with E-state index < -0.39 is 21.6 Å². The molecule has 8 nitrogen and oxygen atoms in total. The molecule has 0 fully saturated rings. The summed E-state index contributed by atoms with van der Waals surface area (Å²) < 4.78 is 68.4. The first-order valence-electron chi connectivity index (χ1n) is 10.4. The van der Waals surface area contributed by atoms with E-state index in [4.69, 9.17) is 23.2 Å². The van der Waals surface area contributed by atoms with E-state index in [2.05, 4.69) is 20.1 Å². The van der Waals surface area contributed by atoms with Gasteiger partial charge in [-0.3, -0.25) is 0 Å². The minimum atomic E-state index is -4.62. The third-order valence-electron chi connectivity index (χ3n) is 5.55. The predicted octanol–water partition coefficient (Wildman–Crippen LogP) is 5.46. The van der Waals surface area contributed by atoms with Gasteiger partial charge < -0.3 is 4.57 Å². The number of nitrogens with zero attached hydrogens (tertiary/aromatic N) is 6. The topological polar surface area (TPSA) is 95.0 Å². The van der Waals surface area contributed by atoms with E-state index >= 15 is 0 Å². The van der Waals surface area contributed by atoms with Crippen molar-refractivity contribution < 1.29 is 21.6 Å². The molecule has 0 aliphatic carbocycles. The number of aryl methyl sites for hydroxylation is 1. The first-order chi connectivity index (χ1) is 16.9. The average molecular weight is 555 g/mol. The molecule has 4 heterocycles. The molecule has 14 heteroatoms. The van der Waals surface area contributed by atoms with Crippen molar-refractivity contribution in [2.75, 3.05) is 5.75 Å². The number of sulfone groups is 1. The monoisotopic (exact) mass is 554 g/mol.